The van der Waals surface area contributed by atoms with Crippen LogP contribution in [0.15, 0.2) is 37.1 Å². The molecule has 0 atom stereocenters. The lowest BCUT2D eigenvalue weighted by molar-refractivity contribution is 0.0712. The first kappa shape index (κ1) is 9.20. The molecule has 0 aliphatic carbocycles. The maximum Gasteiger partial charge on any atom is 0.364 e. The fourth-order valence-electron chi connectivity index (χ4n) is 0.900. The Hall–Kier alpha value is -2.37. The molecule has 0 N–H and O–H groups in total. The lowest BCUT2D eigenvalue weighted by atomic mass is 10.4. The van der Waals surface area contributed by atoms with E-state index in [1.807, 2.05) is 0 Å². The number of hydrogen-bond donors (Lipinski definition) is 0. The molecule has 2 rings (SSSR count). The topological polar surface area (TPSA) is 77.9 Å². The van der Waals surface area contributed by atoms with Crippen molar-refractivity contribution in [2.45, 2.75) is 0 Å². The van der Waals surface area contributed by atoms with Gasteiger partial charge in [-0.15, -0.1) is 0 Å². The zero-order valence-electron chi connectivity index (χ0n) is 7.57. The van der Waals surface area contributed by atoms with E-state index in [2.05, 4.69) is 19.9 Å². The molecule has 0 aliphatic rings. The molecule has 2 aromatic rings. The van der Waals surface area contributed by atoms with Crippen LogP contribution in [0.1, 0.15) is 10.5 Å². The minimum atomic E-state index is -0.596. The summed E-state index contributed by atoms with van der Waals surface area (Å²) in [6, 6.07) is 4.90. The lowest BCUT2D eigenvalue weighted by Crippen LogP contribution is -2.11. The molecule has 0 aromatic carbocycles. The summed E-state index contributed by atoms with van der Waals surface area (Å²) in [5, 5.41) is 0. The van der Waals surface area contributed by atoms with E-state index in [9.17, 15) is 4.79 Å². The van der Waals surface area contributed by atoms with Crippen molar-refractivity contribution in [1.29, 1.82) is 0 Å². The van der Waals surface area contributed by atoms with E-state index in [-0.39, 0.29) is 11.7 Å². The zero-order valence-corrected chi connectivity index (χ0v) is 7.57. The van der Waals surface area contributed by atoms with Crippen LogP contribution in [0.25, 0.3) is 0 Å². The number of ether oxygens (including phenoxy) is 1. The lowest BCUT2D eigenvalue weighted by Gasteiger charge is -1.99. The van der Waals surface area contributed by atoms with Crippen molar-refractivity contribution < 1.29 is 9.53 Å². The minimum Gasteiger partial charge on any atom is -0.386 e. The highest BCUT2D eigenvalue weighted by molar-refractivity contribution is 5.88. The monoisotopic (exact) mass is 202 g/mol. The highest BCUT2D eigenvalue weighted by Crippen LogP contribution is 2.01. The van der Waals surface area contributed by atoms with E-state index >= 15 is 0 Å². The van der Waals surface area contributed by atoms with Crippen molar-refractivity contribution in [3.8, 4) is 6.01 Å². The minimum absolute atomic E-state index is 0.0411. The molecule has 0 saturated carbocycles. The molecular formula is C9H6N4O2. The van der Waals surface area contributed by atoms with E-state index in [0.717, 1.165) is 0 Å². The predicted octanol–water partition coefficient (Wildman–Crippen LogP) is 0.486. The molecule has 0 spiro atoms. The molecule has 2 aromatic heterocycles. The van der Waals surface area contributed by atoms with Gasteiger partial charge in [0.2, 0.25) is 0 Å². The molecule has 0 fully saturated rings. The Balaban J connectivity index is 2.12. The van der Waals surface area contributed by atoms with Crippen molar-refractivity contribution in [2.24, 2.45) is 0 Å². The van der Waals surface area contributed by atoms with Crippen LogP contribution in [0.5, 0.6) is 6.01 Å². The van der Waals surface area contributed by atoms with Gasteiger partial charge in [-0.1, -0.05) is 6.07 Å². The number of carbonyl (C=O) groups excluding carboxylic acids is 1. The fourth-order valence-corrected chi connectivity index (χ4v) is 0.900. The van der Waals surface area contributed by atoms with Crippen molar-refractivity contribution in [2.75, 3.05) is 0 Å². The summed E-state index contributed by atoms with van der Waals surface area (Å²) in [5.74, 6) is -0.596. The van der Waals surface area contributed by atoms with Gasteiger partial charge >= 0.3 is 12.0 Å². The third-order valence-corrected chi connectivity index (χ3v) is 1.53. The summed E-state index contributed by atoms with van der Waals surface area (Å²) in [5.41, 5.74) is 0.206. The second kappa shape index (κ2) is 4.23. The zero-order chi connectivity index (χ0) is 10.5. The maximum atomic E-state index is 11.4. The molecule has 74 valence electrons. The number of esters is 1. The van der Waals surface area contributed by atoms with Crippen LogP contribution in [0.4, 0.5) is 0 Å². The molecule has 2 heterocycles. The van der Waals surface area contributed by atoms with E-state index < -0.39 is 5.97 Å². The summed E-state index contributed by atoms with van der Waals surface area (Å²) in [7, 11) is 0. The molecule has 6 nitrogen and oxygen atoms in total. The number of aromatic nitrogens is 4. The average molecular weight is 202 g/mol. The van der Waals surface area contributed by atoms with Crippen LogP contribution >= 0.6 is 0 Å². The molecule has 0 saturated heterocycles. The molecule has 15 heavy (non-hydrogen) atoms. The van der Waals surface area contributed by atoms with Gasteiger partial charge in [0, 0.05) is 6.20 Å². The van der Waals surface area contributed by atoms with Gasteiger partial charge in [0.25, 0.3) is 0 Å². The highest BCUT2D eigenvalue weighted by Gasteiger charge is 2.10. The van der Waals surface area contributed by atoms with Gasteiger partial charge in [0.15, 0.2) is 0 Å². The Morgan fingerprint density at radius 2 is 1.93 bits per heavy atom. The Morgan fingerprint density at radius 1 is 1.13 bits per heavy atom. The van der Waals surface area contributed by atoms with Crippen molar-refractivity contribution in [1.82, 2.24) is 19.9 Å². The van der Waals surface area contributed by atoms with E-state index in [1.54, 1.807) is 18.2 Å². The molecule has 0 radical (unpaired) electrons. The first-order valence-corrected chi connectivity index (χ1v) is 4.11. The van der Waals surface area contributed by atoms with E-state index in [4.69, 9.17) is 4.74 Å². The van der Waals surface area contributed by atoms with Gasteiger partial charge in [-0.2, -0.15) is 9.97 Å². The summed E-state index contributed by atoms with van der Waals surface area (Å²) in [6.07, 6.45) is 3.99. The van der Waals surface area contributed by atoms with Crippen LogP contribution in [0.3, 0.4) is 0 Å². The number of hydrogen-bond acceptors (Lipinski definition) is 6. The van der Waals surface area contributed by atoms with Gasteiger partial charge < -0.3 is 4.74 Å². The van der Waals surface area contributed by atoms with Gasteiger partial charge in [-0.3, -0.25) is 0 Å². The Kier molecular flexibility index (Phi) is 2.59. The third-order valence-electron chi connectivity index (χ3n) is 1.53. The summed E-state index contributed by atoms with van der Waals surface area (Å²) < 4.78 is 4.84. The third kappa shape index (κ3) is 2.31. The summed E-state index contributed by atoms with van der Waals surface area (Å²) in [6.45, 7) is 0. The van der Waals surface area contributed by atoms with Crippen LogP contribution in [0.2, 0.25) is 0 Å². The standard InChI is InChI=1S/C9H6N4O2/c14-8(7-3-1-2-4-11-7)15-9-12-5-10-6-13-9/h1-6H. The highest BCUT2D eigenvalue weighted by atomic mass is 16.5. The SMILES string of the molecule is O=C(Oc1ncncn1)c1ccccn1. The van der Waals surface area contributed by atoms with Crippen molar-refractivity contribution >= 4 is 5.97 Å². The number of carbonyl (C=O) groups is 1. The van der Waals surface area contributed by atoms with Gasteiger partial charge in [-0.05, 0) is 12.1 Å². The van der Waals surface area contributed by atoms with Gasteiger partial charge in [-0.25, -0.2) is 14.8 Å². The van der Waals surface area contributed by atoms with Gasteiger partial charge in [0.1, 0.15) is 18.3 Å². The summed E-state index contributed by atoms with van der Waals surface area (Å²) in [4.78, 5) is 26.2. The van der Waals surface area contributed by atoms with Crippen molar-refractivity contribution in [3.63, 3.8) is 0 Å². The molecular weight excluding hydrogens is 196 g/mol. The quantitative estimate of drug-likeness (QED) is 0.659. The van der Waals surface area contributed by atoms with Crippen molar-refractivity contribution in [3.05, 3.63) is 42.7 Å². The molecule has 0 unspecified atom stereocenters. The largest absolute Gasteiger partial charge is 0.386 e. The van der Waals surface area contributed by atoms with Crippen LogP contribution in [-0.4, -0.2) is 25.9 Å². The average Bonchev–Trinajstić information content (AvgIpc) is 2.31. The molecule has 6 heteroatoms. The second-order valence-electron chi connectivity index (χ2n) is 2.53. The predicted molar refractivity (Wildman–Crippen MR) is 49.0 cm³/mol. The Labute approximate surface area is 85.0 Å². The van der Waals surface area contributed by atoms with Crippen LogP contribution in [0, 0.1) is 0 Å². The number of nitrogens with zero attached hydrogens (tertiary/aromatic N) is 4. The van der Waals surface area contributed by atoms with E-state index in [1.165, 1.54) is 18.9 Å². The molecule has 0 aliphatic heterocycles. The fraction of sp³-hybridized carbons (Fsp3) is 0. The van der Waals surface area contributed by atoms with Crippen LogP contribution < -0.4 is 4.74 Å². The summed E-state index contributed by atoms with van der Waals surface area (Å²) >= 11 is 0. The molecule has 0 bridgehead atoms. The van der Waals surface area contributed by atoms with Gasteiger partial charge in [0.05, 0.1) is 0 Å². The van der Waals surface area contributed by atoms with E-state index in [0.29, 0.717) is 0 Å². The number of rotatable bonds is 2. The normalized spacial score (nSPS) is 9.60. The maximum absolute atomic E-state index is 11.4. The first-order chi connectivity index (χ1) is 7.36. The van der Waals surface area contributed by atoms with Crippen LogP contribution in [-0.2, 0) is 0 Å². The second-order valence-corrected chi connectivity index (χ2v) is 2.53. The number of pyridine rings is 1. The first-order valence-electron chi connectivity index (χ1n) is 4.11. The Morgan fingerprint density at radius 3 is 2.60 bits per heavy atom. The smallest absolute Gasteiger partial charge is 0.364 e. The Bertz CT molecular complexity index is 446. The molecule has 0 amide bonds.